The molecule has 2 rings (SSSR count). The summed E-state index contributed by atoms with van der Waals surface area (Å²) in [6.45, 7) is 6.41. The molecule has 0 unspecified atom stereocenters. The highest BCUT2D eigenvalue weighted by molar-refractivity contribution is 5.98. The molecule has 0 amide bonds. The third-order valence-corrected chi connectivity index (χ3v) is 3.66. The van der Waals surface area contributed by atoms with Crippen LogP contribution in [-0.4, -0.2) is 5.78 Å². The van der Waals surface area contributed by atoms with E-state index >= 15 is 0 Å². The van der Waals surface area contributed by atoms with Gasteiger partial charge >= 0.3 is 0 Å². The molecule has 1 heteroatoms. The van der Waals surface area contributed by atoms with Gasteiger partial charge in [0.25, 0.3) is 0 Å². The summed E-state index contributed by atoms with van der Waals surface area (Å²) in [7, 11) is 0. The molecule has 0 radical (unpaired) electrons. The molecule has 0 aliphatic heterocycles. The molecule has 0 saturated heterocycles. The Bertz CT molecular complexity index is 260. The summed E-state index contributed by atoms with van der Waals surface area (Å²) < 4.78 is 0. The normalized spacial score (nSPS) is 38.2. The number of allylic oxidation sites excluding steroid dienone is 2. The monoisotopic (exact) mass is 164 g/mol. The highest BCUT2D eigenvalue weighted by Crippen LogP contribution is 2.51. The Morgan fingerprint density at radius 1 is 1.42 bits per heavy atom. The van der Waals surface area contributed by atoms with E-state index in [2.05, 4.69) is 20.8 Å². The van der Waals surface area contributed by atoms with Crippen LogP contribution in [0.2, 0.25) is 0 Å². The molecule has 0 bridgehead atoms. The van der Waals surface area contributed by atoms with Crippen LogP contribution < -0.4 is 0 Å². The summed E-state index contributed by atoms with van der Waals surface area (Å²) in [5, 5.41) is 0. The summed E-state index contributed by atoms with van der Waals surface area (Å²) in [6.07, 6.45) is 4.39. The van der Waals surface area contributed by atoms with Gasteiger partial charge in [0, 0.05) is 5.41 Å². The number of ketones is 1. The van der Waals surface area contributed by atoms with Crippen molar-refractivity contribution in [2.75, 3.05) is 0 Å². The standard InChI is InChI=1S/C11H16O/c1-7-4-5-9-8(7)6-10(12)11(9,2)3/h6-7,9H,4-5H2,1-3H3/t7-,9-/m1/s1. The topological polar surface area (TPSA) is 17.1 Å². The van der Waals surface area contributed by atoms with E-state index in [1.807, 2.05) is 6.08 Å². The van der Waals surface area contributed by atoms with E-state index in [9.17, 15) is 4.79 Å². The van der Waals surface area contributed by atoms with E-state index < -0.39 is 0 Å². The SMILES string of the molecule is C[C@@H]1CC[C@@H]2C1=CC(=O)C2(C)C. The molecule has 2 atom stereocenters. The zero-order chi connectivity index (χ0) is 8.93. The van der Waals surface area contributed by atoms with Crippen LogP contribution in [-0.2, 0) is 4.79 Å². The van der Waals surface area contributed by atoms with Gasteiger partial charge in [-0.15, -0.1) is 0 Å². The molecule has 0 aromatic rings. The Morgan fingerprint density at radius 3 is 2.67 bits per heavy atom. The Balaban J connectivity index is 2.38. The summed E-state index contributed by atoms with van der Waals surface area (Å²) >= 11 is 0. The molecular weight excluding hydrogens is 148 g/mol. The van der Waals surface area contributed by atoms with Gasteiger partial charge in [-0.1, -0.05) is 26.3 Å². The average molecular weight is 164 g/mol. The molecular formula is C11H16O. The van der Waals surface area contributed by atoms with E-state index in [-0.39, 0.29) is 5.41 Å². The van der Waals surface area contributed by atoms with Crippen LogP contribution in [0, 0.1) is 17.3 Å². The third kappa shape index (κ3) is 0.825. The molecule has 2 aliphatic carbocycles. The molecule has 1 fully saturated rings. The van der Waals surface area contributed by atoms with E-state index in [4.69, 9.17) is 0 Å². The molecule has 0 N–H and O–H groups in total. The average Bonchev–Trinajstić information content (AvgIpc) is 2.41. The highest BCUT2D eigenvalue weighted by atomic mass is 16.1. The van der Waals surface area contributed by atoms with Gasteiger partial charge in [0.15, 0.2) is 5.78 Å². The maximum Gasteiger partial charge on any atom is 0.161 e. The summed E-state index contributed by atoms with van der Waals surface area (Å²) in [6, 6.07) is 0. The lowest BCUT2D eigenvalue weighted by Crippen LogP contribution is -2.25. The lowest BCUT2D eigenvalue weighted by atomic mass is 9.78. The number of carbonyl (C=O) groups excluding carboxylic acids is 1. The van der Waals surface area contributed by atoms with E-state index in [0.29, 0.717) is 17.6 Å². The van der Waals surface area contributed by atoms with Crippen molar-refractivity contribution < 1.29 is 4.79 Å². The van der Waals surface area contributed by atoms with Gasteiger partial charge in [-0.05, 0) is 30.8 Å². The second-order valence-electron chi connectivity index (χ2n) is 4.76. The van der Waals surface area contributed by atoms with Gasteiger partial charge in [0.05, 0.1) is 0 Å². The van der Waals surface area contributed by atoms with E-state index in [1.165, 1.54) is 18.4 Å². The zero-order valence-corrected chi connectivity index (χ0v) is 8.05. The number of hydrogen-bond acceptors (Lipinski definition) is 1. The molecule has 2 aliphatic rings. The molecule has 12 heavy (non-hydrogen) atoms. The third-order valence-electron chi connectivity index (χ3n) is 3.66. The summed E-state index contributed by atoms with van der Waals surface area (Å²) in [4.78, 5) is 11.6. The molecule has 0 aromatic heterocycles. The van der Waals surface area contributed by atoms with Crippen LogP contribution in [0.3, 0.4) is 0 Å². The van der Waals surface area contributed by atoms with Crippen LogP contribution in [0.4, 0.5) is 0 Å². The first-order chi connectivity index (χ1) is 5.53. The van der Waals surface area contributed by atoms with E-state index in [1.54, 1.807) is 0 Å². The van der Waals surface area contributed by atoms with Crippen molar-refractivity contribution in [3.63, 3.8) is 0 Å². The molecule has 1 saturated carbocycles. The second-order valence-corrected chi connectivity index (χ2v) is 4.76. The van der Waals surface area contributed by atoms with Crippen molar-refractivity contribution in [2.45, 2.75) is 33.6 Å². The van der Waals surface area contributed by atoms with Crippen LogP contribution in [0.25, 0.3) is 0 Å². The number of carbonyl (C=O) groups is 1. The molecule has 0 aromatic carbocycles. The van der Waals surface area contributed by atoms with Gasteiger partial charge in [-0.2, -0.15) is 0 Å². The van der Waals surface area contributed by atoms with Crippen molar-refractivity contribution in [1.29, 1.82) is 0 Å². The fourth-order valence-corrected chi connectivity index (χ4v) is 2.62. The van der Waals surface area contributed by atoms with Gasteiger partial charge < -0.3 is 0 Å². The lowest BCUT2D eigenvalue weighted by Gasteiger charge is -2.23. The van der Waals surface area contributed by atoms with Gasteiger partial charge in [0.1, 0.15) is 0 Å². The molecule has 66 valence electrons. The molecule has 0 spiro atoms. The van der Waals surface area contributed by atoms with Crippen molar-refractivity contribution in [3.8, 4) is 0 Å². The van der Waals surface area contributed by atoms with Gasteiger partial charge in [-0.3, -0.25) is 4.79 Å². The summed E-state index contributed by atoms with van der Waals surface area (Å²) in [5.41, 5.74) is 1.32. The van der Waals surface area contributed by atoms with Crippen molar-refractivity contribution in [1.82, 2.24) is 0 Å². The summed E-state index contributed by atoms with van der Waals surface area (Å²) in [5.74, 6) is 1.55. The van der Waals surface area contributed by atoms with Gasteiger partial charge in [-0.25, -0.2) is 0 Å². The van der Waals surface area contributed by atoms with Crippen LogP contribution in [0.15, 0.2) is 11.6 Å². The predicted molar refractivity (Wildman–Crippen MR) is 48.8 cm³/mol. The smallest absolute Gasteiger partial charge is 0.161 e. The largest absolute Gasteiger partial charge is 0.294 e. The maximum absolute atomic E-state index is 11.6. The van der Waals surface area contributed by atoms with Gasteiger partial charge in [0.2, 0.25) is 0 Å². The zero-order valence-electron chi connectivity index (χ0n) is 8.05. The molecule has 1 nitrogen and oxygen atoms in total. The number of fused-ring (bicyclic) bond motifs is 1. The minimum atomic E-state index is -0.0971. The maximum atomic E-state index is 11.6. The quantitative estimate of drug-likeness (QED) is 0.537. The van der Waals surface area contributed by atoms with Crippen LogP contribution in [0.5, 0.6) is 0 Å². The Labute approximate surface area is 73.8 Å². The first kappa shape index (κ1) is 8.03. The predicted octanol–water partition coefficient (Wildman–Crippen LogP) is 2.57. The van der Waals surface area contributed by atoms with Crippen LogP contribution >= 0.6 is 0 Å². The molecule has 0 heterocycles. The number of hydrogen-bond donors (Lipinski definition) is 0. The van der Waals surface area contributed by atoms with Crippen LogP contribution in [0.1, 0.15) is 33.6 Å². The Morgan fingerprint density at radius 2 is 2.08 bits per heavy atom. The highest BCUT2D eigenvalue weighted by Gasteiger charge is 2.46. The second kappa shape index (κ2) is 2.21. The number of rotatable bonds is 0. The van der Waals surface area contributed by atoms with Crippen molar-refractivity contribution in [3.05, 3.63) is 11.6 Å². The lowest BCUT2D eigenvalue weighted by molar-refractivity contribution is -0.122. The van der Waals surface area contributed by atoms with Crippen molar-refractivity contribution >= 4 is 5.78 Å². The minimum absolute atomic E-state index is 0.0971. The Hall–Kier alpha value is -0.590. The fourth-order valence-electron chi connectivity index (χ4n) is 2.62. The fraction of sp³-hybridized carbons (Fsp3) is 0.727. The Kier molecular flexibility index (Phi) is 1.48. The minimum Gasteiger partial charge on any atom is -0.294 e. The van der Waals surface area contributed by atoms with E-state index in [0.717, 1.165) is 0 Å². The first-order valence-electron chi connectivity index (χ1n) is 4.79. The van der Waals surface area contributed by atoms with Crippen molar-refractivity contribution in [2.24, 2.45) is 17.3 Å². The first-order valence-corrected chi connectivity index (χ1v) is 4.79.